The van der Waals surface area contributed by atoms with E-state index in [1.165, 1.54) is 21.9 Å². The highest BCUT2D eigenvalue weighted by Crippen LogP contribution is 2.40. The summed E-state index contributed by atoms with van der Waals surface area (Å²) in [7, 11) is 0. The Kier molecular flexibility index (Phi) is 4.36. The second kappa shape index (κ2) is 6.68. The predicted molar refractivity (Wildman–Crippen MR) is 108 cm³/mol. The molecule has 0 N–H and O–H groups in total. The van der Waals surface area contributed by atoms with Gasteiger partial charge in [0, 0.05) is 10.8 Å². The summed E-state index contributed by atoms with van der Waals surface area (Å²) in [5, 5.41) is 2.41. The number of hydrogen-bond donors (Lipinski definition) is 0. The van der Waals surface area contributed by atoms with Crippen molar-refractivity contribution in [2.24, 2.45) is 0 Å². The minimum atomic E-state index is 0.491. The van der Waals surface area contributed by atoms with E-state index in [0.29, 0.717) is 11.8 Å². The molecule has 0 aliphatic carbocycles. The van der Waals surface area contributed by atoms with E-state index < -0.39 is 0 Å². The Balaban J connectivity index is 1.75. The summed E-state index contributed by atoms with van der Waals surface area (Å²) in [6.07, 6.45) is 2.23. The van der Waals surface area contributed by atoms with Crippen molar-refractivity contribution in [2.45, 2.75) is 52.4 Å². The molecule has 4 aromatic rings. The Morgan fingerprint density at radius 1 is 0.654 bits per heavy atom. The second-order valence-electron chi connectivity index (χ2n) is 7.34. The predicted octanol–water partition coefficient (Wildman–Crippen LogP) is 7.48. The maximum absolute atomic E-state index is 5.75. The van der Waals surface area contributed by atoms with E-state index in [1.54, 1.807) is 0 Å². The summed E-state index contributed by atoms with van der Waals surface area (Å²) in [4.78, 5) is 0. The molecule has 2 atom stereocenters. The molecule has 0 spiro atoms. The molecule has 0 aliphatic heterocycles. The lowest BCUT2D eigenvalue weighted by Crippen LogP contribution is -2.10. The van der Waals surface area contributed by atoms with Crippen LogP contribution in [0.3, 0.4) is 0 Å². The van der Waals surface area contributed by atoms with Crippen molar-refractivity contribution in [1.82, 2.24) is 0 Å². The van der Waals surface area contributed by atoms with Crippen molar-refractivity contribution >= 4 is 21.9 Å². The molecule has 0 saturated heterocycles. The molecule has 26 heavy (non-hydrogen) atoms. The summed E-state index contributed by atoms with van der Waals surface area (Å²) >= 11 is 0. The lowest BCUT2D eigenvalue weighted by molar-refractivity contribution is 0.510. The van der Waals surface area contributed by atoms with Gasteiger partial charge in [-0.05, 0) is 86.1 Å². The van der Waals surface area contributed by atoms with Crippen LogP contribution in [-0.2, 0) is 0 Å². The van der Waals surface area contributed by atoms with Gasteiger partial charge in [-0.15, -0.1) is 0 Å². The molecular formula is C24H26O2. The first-order chi connectivity index (χ1) is 12.6. The van der Waals surface area contributed by atoms with Crippen molar-refractivity contribution in [1.29, 1.82) is 0 Å². The van der Waals surface area contributed by atoms with Crippen LogP contribution in [0.5, 0.6) is 0 Å². The van der Waals surface area contributed by atoms with Gasteiger partial charge in [0.1, 0.15) is 22.7 Å². The highest BCUT2D eigenvalue weighted by molar-refractivity contribution is 5.80. The minimum Gasteiger partial charge on any atom is -0.461 e. The molecule has 2 heterocycles. The second-order valence-corrected chi connectivity index (χ2v) is 7.34. The van der Waals surface area contributed by atoms with Crippen LogP contribution in [0.4, 0.5) is 0 Å². The fourth-order valence-corrected chi connectivity index (χ4v) is 4.36. The Labute approximate surface area is 154 Å². The van der Waals surface area contributed by atoms with Gasteiger partial charge in [0.25, 0.3) is 0 Å². The maximum Gasteiger partial charge on any atom is 0.134 e. The Bertz CT molecular complexity index is 965. The zero-order valence-corrected chi connectivity index (χ0v) is 16.0. The third kappa shape index (κ3) is 2.94. The van der Waals surface area contributed by atoms with Crippen molar-refractivity contribution < 1.29 is 8.83 Å². The van der Waals surface area contributed by atoms with Gasteiger partial charge in [-0.25, -0.2) is 0 Å². The zero-order chi connectivity index (χ0) is 18.3. The Hall–Kier alpha value is -2.48. The first-order valence-corrected chi connectivity index (χ1v) is 9.59. The summed E-state index contributed by atoms with van der Waals surface area (Å²) in [5.41, 5.74) is 4.75. The number of aryl methyl sites for hydroxylation is 2. The van der Waals surface area contributed by atoms with Crippen molar-refractivity contribution in [3.05, 3.63) is 71.2 Å². The molecule has 134 valence electrons. The molecule has 2 heteroatoms. The number of furan rings is 2. The molecule has 0 amide bonds. The molecule has 2 aromatic carbocycles. The zero-order valence-electron chi connectivity index (χ0n) is 16.0. The third-order valence-corrected chi connectivity index (χ3v) is 5.55. The molecule has 2 unspecified atom stereocenters. The Morgan fingerprint density at radius 3 is 1.46 bits per heavy atom. The molecule has 0 saturated carbocycles. The van der Waals surface area contributed by atoms with Gasteiger partial charge in [-0.3, -0.25) is 0 Å². The van der Waals surface area contributed by atoms with Crippen LogP contribution in [-0.4, -0.2) is 0 Å². The first-order valence-electron chi connectivity index (χ1n) is 9.59. The highest BCUT2D eigenvalue weighted by atomic mass is 16.3. The van der Waals surface area contributed by atoms with Gasteiger partial charge >= 0.3 is 0 Å². The van der Waals surface area contributed by atoms with Crippen molar-refractivity contribution in [3.63, 3.8) is 0 Å². The van der Waals surface area contributed by atoms with E-state index in [4.69, 9.17) is 8.83 Å². The SMILES string of the molecule is CCC(c1ccc2oc(C)cc2c1)C(CC)c1ccc2oc(C)cc2c1. The van der Waals surface area contributed by atoms with E-state index in [0.717, 1.165) is 35.5 Å². The normalized spacial score (nSPS) is 14.2. The average molecular weight is 346 g/mol. The van der Waals surface area contributed by atoms with E-state index in [2.05, 4.69) is 62.4 Å². The number of rotatable bonds is 5. The number of benzene rings is 2. The summed E-state index contributed by atoms with van der Waals surface area (Å²) in [6.45, 7) is 8.60. The monoisotopic (exact) mass is 346 g/mol. The standard InChI is InChI=1S/C24H26O2/c1-5-21(17-7-9-23-19(13-17)11-15(3)25-23)22(6-2)18-8-10-24-20(14-18)12-16(4)26-24/h7-14,21-22H,5-6H2,1-4H3. The van der Waals surface area contributed by atoms with Gasteiger partial charge in [0.2, 0.25) is 0 Å². The smallest absolute Gasteiger partial charge is 0.134 e. The van der Waals surface area contributed by atoms with Crippen molar-refractivity contribution in [2.75, 3.05) is 0 Å². The largest absolute Gasteiger partial charge is 0.461 e. The maximum atomic E-state index is 5.75. The number of fused-ring (bicyclic) bond motifs is 2. The van der Waals surface area contributed by atoms with E-state index in [1.807, 2.05) is 13.8 Å². The fraction of sp³-hybridized carbons (Fsp3) is 0.333. The summed E-state index contributed by atoms with van der Waals surface area (Å²) in [5.74, 6) is 2.92. The fourth-order valence-electron chi connectivity index (χ4n) is 4.36. The molecule has 0 bridgehead atoms. The quantitative estimate of drug-likeness (QED) is 0.374. The third-order valence-electron chi connectivity index (χ3n) is 5.55. The van der Waals surface area contributed by atoms with Crippen LogP contribution in [0.2, 0.25) is 0 Å². The lowest BCUT2D eigenvalue weighted by atomic mass is 9.78. The van der Waals surface area contributed by atoms with Crippen LogP contribution in [0.15, 0.2) is 57.4 Å². The first kappa shape index (κ1) is 17.0. The minimum absolute atomic E-state index is 0.491. The Morgan fingerprint density at radius 2 is 1.08 bits per heavy atom. The molecule has 2 nitrogen and oxygen atoms in total. The summed E-state index contributed by atoms with van der Waals surface area (Å²) in [6, 6.07) is 17.6. The van der Waals surface area contributed by atoms with Gasteiger partial charge in [-0.1, -0.05) is 26.0 Å². The number of hydrogen-bond acceptors (Lipinski definition) is 2. The van der Waals surface area contributed by atoms with Gasteiger partial charge in [0.05, 0.1) is 0 Å². The van der Waals surface area contributed by atoms with Crippen LogP contribution < -0.4 is 0 Å². The summed E-state index contributed by atoms with van der Waals surface area (Å²) < 4.78 is 11.5. The molecule has 4 rings (SSSR count). The van der Waals surface area contributed by atoms with Crippen molar-refractivity contribution in [3.8, 4) is 0 Å². The molecular weight excluding hydrogens is 320 g/mol. The van der Waals surface area contributed by atoms with E-state index in [-0.39, 0.29) is 0 Å². The van der Waals surface area contributed by atoms with Crippen LogP contribution in [0.25, 0.3) is 21.9 Å². The van der Waals surface area contributed by atoms with Gasteiger partial charge in [0.15, 0.2) is 0 Å². The van der Waals surface area contributed by atoms with Crippen LogP contribution >= 0.6 is 0 Å². The van der Waals surface area contributed by atoms with E-state index in [9.17, 15) is 0 Å². The molecule has 0 fully saturated rings. The molecule has 0 aliphatic rings. The highest BCUT2D eigenvalue weighted by Gasteiger charge is 2.23. The van der Waals surface area contributed by atoms with E-state index >= 15 is 0 Å². The average Bonchev–Trinajstić information content (AvgIpc) is 3.18. The lowest BCUT2D eigenvalue weighted by Gasteiger charge is -2.26. The van der Waals surface area contributed by atoms with Crippen LogP contribution in [0, 0.1) is 13.8 Å². The van der Waals surface area contributed by atoms with Gasteiger partial charge in [-0.2, -0.15) is 0 Å². The van der Waals surface area contributed by atoms with Crippen LogP contribution in [0.1, 0.15) is 61.2 Å². The van der Waals surface area contributed by atoms with Gasteiger partial charge < -0.3 is 8.83 Å². The molecule has 0 radical (unpaired) electrons. The topological polar surface area (TPSA) is 26.3 Å². The molecule has 2 aromatic heterocycles.